The minimum absolute atomic E-state index is 0.0534. The van der Waals surface area contributed by atoms with Crippen LogP contribution in [-0.4, -0.2) is 34.2 Å². The predicted molar refractivity (Wildman–Crippen MR) is 78.6 cm³/mol. The number of amides is 1. The maximum atomic E-state index is 12.0. The third kappa shape index (κ3) is 4.73. The summed E-state index contributed by atoms with van der Waals surface area (Å²) in [6.07, 6.45) is -1.16. The molecule has 0 saturated heterocycles. The fourth-order valence-electron chi connectivity index (χ4n) is 1.50. The average molecular weight is 329 g/mol. The summed E-state index contributed by atoms with van der Waals surface area (Å²) in [5.41, 5.74) is -0.180. The zero-order chi connectivity index (χ0) is 17.0. The van der Waals surface area contributed by atoms with Crippen LogP contribution in [0.2, 0.25) is 0 Å². The van der Waals surface area contributed by atoms with Crippen molar-refractivity contribution in [3.8, 4) is 0 Å². The molecule has 1 rings (SSSR count). The Morgan fingerprint density at radius 2 is 1.73 bits per heavy atom. The number of hydrogen-bond acceptors (Lipinski definition) is 6. The molecule has 1 amide bonds. The maximum Gasteiger partial charge on any atom is 0.421 e. The summed E-state index contributed by atoms with van der Waals surface area (Å²) in [6.45, 7) is 4.53. The second kappa shape index (κ2) is 6.78. The molecular weight excluding hydrogens is 310 g/mol. The van der Waals surface area contributed by atoms with Gasteiger partial charge in [-0.3, -0.25) is 4.79 Å². The van der Waals surface area contributed by atoms with Crippen molar-refractivity contribution in [2.45, 2.75) is 25.7 Å². The van der Waals surface area contributed by atoms with Gasteiger partial charge >= 0.3 is 12.1 Å². The van der Waals surface area contributed by atoms with E-state index in [4.69, 9.17) is 4.74 Å². The first-order valence-corrected chi connectivity index (χ1v) is 7.91. The van der Waals surface area contributed by atoms with Gasteiger partial charge in [-0.05, 0) is 32.9 Å². The quantitative estimate of drug-likeness (QED) is 0.824. The minimum atomic E-state index is -4.01. The van der Waals surface area contributed by atoms with Gasteiger partial charge in [0.25, 0.3) is 10.0 Å². The fourth-order valence-corrected chi connectivity index (χ4v) is 2.39. The number of nitrogens with one attached hydrogen (secondary N) is 1. The summed E-state index contributed by atoms with van der Waals surface area (Å²) < 4.78 is 35.1. The van der Waals surface area contributed by atoms with Crippen LogP contribution in [0.4, 0.5) is 4.79 Å². The van der Waals surface area contributed by atoms with Crippen molar-refractivity contribution in [3.63, 3.8) is 0 Å². The number of ether oxygens (including phenoxy) is 2. The molecule has 1 aromatic carbocycles. The maximum absolute atomic E-state index is 12.0. The number of aryl methyl sites for hydroxylation is 1. The summed E-state index contributed by atoms with van der Waals surface area (Å²) >= 11 is 0. The van der Waals surface area contributed by atoms with Crippen molar-refractivity contribution >= 4 is 22.1 Å². The Labute approximate surface area is 129 Å². The Balaban J connectivity index is 2.68. The molecule has 8 heteroatoms. The SMILES string of the molecule is COC(=O)C(C)(C)COC(=O)NS(=O)(=O)c1ccc(C)cc1. The van der Waals surface area contributed by atoms with Crippen LogP contribution in [0.25, 0.3) is 0 Å². The second-order valence-electron chi connectivity index (χ2n) is 5.37. The van der Waals surface area contributed by atoms with Gasteiger partial charge in [-0.25, -0.2) is 17.9 Å². The fraction of sp³-hybridized carbons (Fsp3) is 0.429. The smallest absolute Gasteiger partial charge is 0.421 e. The first kappa shape index (κ1) is 18.0. The van der Waals surface area contributed by atoms with E-state index in [0.29, 0.717) is 0 Å². The van der Waals surface area contributed by atoms with Crippen molar-refractivity contribution in [3.05, 3.63) is 29.8 Å². The lowest BCUT2D eigenvalue weighted by molar-refractivity contribution is -0.152. The molecule has 1 aromatic rings. The molecule has 0 saturated carbocycles. The number of carbonyl (C=O) groups is 2. The molecule has 0 aliphatic carbocycles. The summed E-state index contributed by atoms with van der Waals surface area (Å²) in [5.74, 6) is -0.568. The van der Waals surface area contributed by atoms with Crippen LogP contribution in [0, 0.1) is 12.3 Å². The number of benzene rings is 1. The highest BCUT2D eigenvalue weighted by atomic mass is 32.2. The molecule has 0 aliphatic heterocycles. The molecule has 0 bridgehead atoms. The van der Waals surface area contributed by atoms with Crippen molar-refractivity contribution in [2.24, 2.45) is 5.41 Å². The monoisotopic (exact) mass is 329 g/mol. The largest absolute Gasteiger partial charge is 0.469 e. The zero-order valence-electron chi connectivity index (χ0n) is 12.9. The van der Waals surface area contributed by atoms with Gasteiger partial charge in [0.1, 0.15) is 6.61 Å². The summed E-state index contributed by atoms with van der Waals surface area (Å²) in [4.78, 5) is 23.0. The molecule has 22 heavy (non-hydrogen) atoms. The summed E-state index contributed by atoms with van der Waals surface area (Å²) in [7, 11) is -2.80. The van der Waals surface area contributed by atoms with Gasteiger partial charge in [0, 0.05) is 0 Å². The zero-order valence-corrected chi connectivity index (χ0v) is 13.7. The number of hydrogen-bond donors (Lipinski definition) is 1. The van der Waals surface area contributed by atoms with Crippen molar-refractivity contribution < 1.29 is 27.5 Å². The van der Waals surface area contributed by atoms with Crippen LogP contribution in [-0.2, 0) is 24.3 Å². The molecular formula is C14H19NO6S. The number of carbonyl (C=O) groups excluding carboxylic acids is 2. The molecule has 7 nitrogen and oxygen atoms in total. The van der Waals surface area contributed by atoms with E-state index in [1.165, 1.54) is 33.1 Å². The van der Waals surface area contributed by atoms with Crippen LogP contribution >= 0.6 is 0 Å². The molecule has 0 fully saturated rings. The average Bonchev–Trinajstić information content (AvgIpc) is 2.44. The van der Waals surface area contributed by atoms with Crippen LogP contribution in [0.3, 0.4) is 0 Å². The Morgan fingerprint density at radius 1 is 1.18 bits per heavy atom. The number of sulfonamides is 1. The molecule has 0 spiro atoms. The van der Waals surface area contributed by atoms with Gasteiger partial charge < -0.3 is 9.47 Å². The summed E-state index contributed by atoms with van der Waals surface area (Å²) in [6, 6.07) is 5.98. The van der Waals surface area contributed by atoms with E-state index in [-0.39, 0.29) is 11.5 Å². The molecule has 0 aromatic heterocycles. The van der Waals surface area contributed by atoms with Crippen LogP contribution < -0.4 is 4.72 Å². The molecule has 0 atom stereocenters. The van der Waals surface area contributed by atoms with Crippen LogP contribution in [0.1, 0.15) is 19.4 Å². The molecule has 0 aliphatic rings. The Hall–Kier alpha value is -2.09. The van der Waals surface area contributed by atoms with Crippen LogP contribution in [0.5, 0.6) is 0 Å². The number of rotatable bonds is 5. The second-order valence-corrected chi connectivity index (χ2v) is 7.05. The first-order chi connectivity index (χ1) is 10.1. The minimum Gasteiger partial charge on any atom is -0.469 e. The molecule has 1 N–H and O–H groups in total. The third-order valence-corrected chi connectivity index (χ3v) is 4.18. The van der Waals surface area contributed by atoms with E-state index in [9.17, 15) is 18.0 Å². The van der Waals surface area contributed by atoms with Gasteiger partial charge in [0.2, 0.25) is 0 Å². The van der Waals surface area contributed by atoms with Crippen molar-refractivity contribution in [2.75, 3.05) is 13.7 Å². The van der Waals surface area contributed by atoms with E-state index >= 15 is 0 Å². The van der Waals surface area contributed by atoms with Gasteiger partial charge in [-0.1, -0.05) is 17.7 Å². The predicted octanol–water partition coefficient (Wildman–Crippen LogP) is 1.61. The van der Waals surface area contributed by atoms with Crippen molar-refractivity contribution in [1.82, 2.24) is 4.72 Å². The third-order valence-electron chi connectivity index (χ3n) is 2.85. The Bertz CT molecular complexity index is 648. The van der Waals surface area contributed by atoms with Crippen molar-refractivity contribution in [1.29, 1.82) is 0 Å². The lowest BCUT2D eigenvalue weighted by Crippen LogP contribution is -2.36. The van der Waals surface area contributed by atoms with E-state index < -0.39 is 27.5 Å². The Morgan fingerprint density at radius 3 is 2.23 bits per heavy atom. The lowest BCUT2D eigenvalue weighted by Gasteiger charge is -2.20. The normalized spacial score (nSPS) is 11.6. The molecule has 0 heterocycles. The first-order valence-electron chi connectivity index (χ1n) is 6.43. The number of methoxy groups -OCH3 is 1. The molecule has 0 unspecified atom stereocenters. The molecule has 122 valence electrons. The van der Waals surface area contributed by atoms with Gasteiger partial charge in [-0.2, -0.15) is 0 Å². The highest BCUT2D eigenvalue weighted by Gasteiger charge is 2.31. The highest BCUT2D eigenvalue weighted by molar-refractivity contribution is 7.90. The standard InChI is InChI=1S/C14H19NO6S/c1-10-5-7-11(8-6-10)22(18,19)15-13(17)21-9-14(2,3)12(16)20-4/h5-8H,9H2,1-4H3,(H,15,17). The van der Waals surface area contributed by atoms with E-state index in [0.717, 1.165) is 5.56 Å². The lowest BCUT2D eigenvalue weighted by atomic mass is 9.95. The molecule has 0 radical (unpaired) electrons. The van der Waals surface area contributed by atoms with Gasteiger partial charge in [0.15, 0.2) is 0 Å². The van der Waals surface area contributed by atoms with E-state index in [1.807, 2.05) is 6.92 Å². The van der Waals surface area contributed by atoms with Gasteiger partial charge in [0.05, 0.1) is 17.4 Å². The highest BCUT2D eigenvalue weighted by Crippen LogP contribution is 2.17. The van der Waals surface area contributed by atoms with Crippen LogP contribution in [0.15, 0.2) is 29.2 Å². The summed E-state index contributed by atoms with van der Waals surface area (Å²) in [5, 5.41) is 0. The number of esters is 1. The van der Waals surface area contributed by atoms with E-state index in [2.05, 4.69) is 4.74 Å². The van der Waals surface area contributed by atoms with E-state index in [1.54, 1.807) is 16.9 Å². The van der Waals surface area contributed by atoms with Gasteiger partial charge in [-0.15, -0.1) is 0 Å². The Kier molecular flexibility index (Phi) is 5.54. The topological polar surface area (TPSA) is 98.8 Å².